The fraction of sp³-hybridized carbons (Fsp3) is 0. The van der Waals surface area contributed by atoms with E-state index in [1.54, 1.807) is 0 Å². The second-order valence-corrected chi connectivity index (χ2v) is 5.18. The maximum atomic E-state index is 13.5. The molecule has 0 aliphatic heterocycles. The molecule has 1 aromatic heterocycles. The molecule has 1 aromatic carbocycles. The number of rotatable bonds is 5. The molecule has 2 rings (SSSR count). The van der Waals surface area contributed by atoms with Gasteiger partial charge in [-0.1, -0.05) is 22.6 Å². The molecule has 0 fully saturated rings. The van der Waals surface area contributed by atoms with Gasteiger partial charge < -0.3 is 10.6 Å². The van der Waals surface area contributed by atoms with Gasteiger partial charge in [0.25, 0.3) is 0 Å². The standard InChI is InChI=1S/C14H9F2N3O4S/c15-9-2-1-3-10(16)13(9)14(17)18-23-12(20)5-4-8-6-11(19(21)22)24-7-8/h1-7H,(H2,17,18). The van der Waals surface area contributed by atoms with E-state index in [1.165, 1.54) is 17.5 Å². The topological polar surface area (TPSA) is 108 Å². The molecule has 0 atom stereocenters. The Kier molecular flexibility index (Phi) is 5.32. The lowest BCUT2D eigenvalue weighted by atomic mass is 10.2. The highest BCUT2D eigenvalue weighted by Crippen LogP contribution is 2.23. The maximum Gasteiger partial charge on any atom is 0.358 e. The summed E-state index contributed by atoms with van der Waals surface area (Å²) in [6.45, 7) is 0. The van der Waals surface area contributed by atoms with Gasteiger partial charge in [0.2, 0.25) is 0 Å². The number of halogens is 2. The van der Waals surface area contributed by atoms with Gasteiger partial charge in [-0.2, -0.15) is 0 Å². The number of nitrogens with zero attached hydrogens (tertiary/aromatic N) is 2. The Hall–Kier alpha value is -3.14. The quantitative estimate of drug-likeness (QED) is 0.222. The first-order valence-electron chi connectivity index (χ1n) is 6.28. The van der Waals surface area contributed by atoms with Crippen LogP contribution in [0.25, 0.3) is 6.08 Å². The van der Waals surface area contributed by atoms with E-state index in [2.05, 4.69) is 9.99 Å². The third-order valence-electron chi connectivity index (χ3n) is 2.65. The van der Waals surface area contributed by atoms with Crippen molar-refractivity contribution >= 4 is 34.2 Å². The van der Waals surface area contributed by atoms with Crippen molar-refractivity contribution in [2.75, 3.05) is 0 Å². The largest absolute Gasteiger partial charge is 0.380 e. The van der Waals surface area contributed by atoms with Gasteiger partial charge in [-0.25, -0.2) is 13.6 Å². The van der Waals surface area contributed by atoms with Crippen LogP contribution in [-0.4, -0.2) is 16.7 Å². The molecular weight excluding hydrogens is 344 g/mol. The zero-order valence-corrected chi connectivity index (χ0v) is 12.6. The van der Waals surface area contributed by atoms with Gasteiger partial charge in [-0.05, 0) is 23.8 Å². The van der Waals surface area contributed by atoms with Gasteiger partial charge >= 0.3 is 11.0 Å². The van der Waals surface area contributed by atoms with Crippen molar-refractivity contribution in [3.8, 4) is 0 Å². The third-order valence-corrected chi connectivity index (χ3v) is 3.55. The number of amidine groups is 1. The predicted octanol–water partition coefficient (Wildman–Crippen LogP) is 2.81. The summed E-state index contributed by atoms with van der Waals surface area (Å²) in [4.78, 5) is 25.9. The van der Waals surface area contributed by atoms with Crippen molar-refractivity contribution < 1.29 is 23.3 Å². The molecule has 0 saturated heterocycles. The van der Waals surface area contributed by atoms with Gasteiger partial charge in [0, 0.05) is 17.5 Å². The smallest absolute Gasteiger partial charge is 0.358 e. The van der Waals surface area contributed by atoms with Gasteiger partial charge in [-0.15, -0.1) is 0 Å². The van der Waals surface area contributed by atoms with Crippen molar-refractivity contribution in [1.29, 1.82) is 0 Å². The third kappa shape index (κ3) is 4.20. The number of carbonyl (C=O) groups excluding carboxylic acids is 1. The number of nitro groups is 1. The molecule has 2 N–H and O–H groups in total. The molecular formula is C14H9F2N3O4S. The van der Waals surface area contributed by atoms with Crippen molar-refractivity contribution in [2.24, 2.45) is 10.9 Å². The van der Waals surface area contributed by atoms with E-state index in [0.29, 0.717) is 5.56 Å². The first-order chi connectivity index (χ1) is 11.4. The minimum absolute atomic E-state index is 0.0830. The van der Waals surface area contributed by atoms with Gasteiger partial charge in [0.05, 0.1) is 10.5 Å². The zero-order valence-electron chi connectivity index (χ0n) is 11.8. The van der Waals surface area contributed by atoms with Crippen LogP contribution in [0.1, 0.15) is 11.1 Å². The number of thiophene rings is 1. The average molecular weight is 353 g/mol. The Morgan fingerprint density at radius 1 is 1.38 bits per heavy atom. The highest BCUT2D eigenvalue weighted by atomic mass is 32.1. The van der Waals surface area contributed by atoms with Crippen LogP contribution in [0.5, 0.6) is 0 Å². The van der Waals surface area contributed by atoms with Crippen LogP contribution >= 0.6 is 11.3 Å². The normalized spacial score (nSPS) is 11.7. The second kappa shape index (κ2) is 7.42. The summed E-state index contributed by atoms with van der Waals surface area (Å²) in [5.74, 6) is -3.51. The van der Waals surface area contributed by atoms with Gasteiger partial charge in [0.1, 0.15) is 11.6 Å². The summed E-state index contributed by atoms with van der Waals surface area (Å²) in [6, 6.07) is 4.37. The molecule has 1 heterocycles. The van der Waals surface area contributed by atoms with Gasteiger partial charge in [-0.3, -0.25) is 10.1 Å². The Bertz CT molecular complexity index is 828. The molecule has 7 nitrogen and oxygen atoms in total. The molecule has 0 unspecified atom stereocenters. The van der Waals surface area contributed by atoms with Crippen LogP contribution in [0, 0.1) is 21.7 Å². The Labute approximate surface area is 137 Å². The molecule has 0 bridgehead atoms. The minimum Gasteiger partial charge on any atom is -0.380 e. The van der Waals surface area contributed by atoms with Crippen LogP contribution in [0.2, 0.25) is 0 Å². The summed E-state index contributed by atoms with van der Waals surface area (Å²) in [5.41, 5.74) is 5.19. The van der Waals surface area contributed by atoms with Crippen molar-refractivity contribution in [2.45, 2.75) is 0 Å². The zero-order chi connectivity index (χ0) is 17.7. The van der Waals surface area contributed by atoms with Crippen LogP contribution in [-0.2, 0) is 9.63 Å². The van der Waals surface area contributed by atoms with E-state index >= 15 is 0 Å². The maximum absolute atomic E-state index is 13.5. The fourth-order valence-corrected chi connectivity index (χ4v) is 2.29. The summed E-state index contributed by atoms with van der Waals surface area (Å²) >= 11 is 0.895. The molecule has 2 aromatic rings. The SMILES string of the molecule is N/C(=N\OC(=O)C=Cc1csc([N+](=O)[O-])c1)c1c(F)cccc1F. The highest BCUT2D eigenvalue weighted by molar-refractivity contribution is 7.13. The van der Waals surface area contributed by atoms with E-state index in [9.17, 15) is 23.7 Å². The predicted molar refractivity (Wildman–Crippen MR) is 83.2 cm³/mol. The monoisotopic (exact) mass is 353 g/mol. The van der Waals surface area contributed by atoms with Crippen molar-refractivity contribution in [3.05, 3.63) is 68.6 Å². The lowest BCUT2D eigenvalue weighted by Crippen LogP contribution is -2.18. The van der Waals surface area contributed by atoms with E-state index < -0.39 is 33.9 Å². The summed E-state index contributed by atoms with van der Waals surface area (Å²) in [6.07, 6.45) is 2.21. The Morgan fingerprint density at radius 3 is 2.62 bits per heavy atom. The molecule has 0 saturated carbocycles. The number of carbonyl (C=O) groups is 1. The number of hydrogen-bond donors (Lipinski definition) is 1. The molecule has 0 radical (unpaired) electrons. The van der Waals surface area contributed by atoms with Gasteiger partial charge in [0.15, 0.2) is 5.84 Å². The van der Waals surface area contributed by atoms with E-state index in [-0.39, 0.29) is 5.00 Å². The molecule has 0 amide bonds. The summed E-state index contributed by atoms with van der Waals surface area (Å²) < 4.78 is 26.9. The molecule has 24 heavy (non-hydrogen) atoms. The lowest BCUT2D eigenvalue weighted by molar-refractivity contribution is -0.380. The van der Waals surface area contributed by atoms with E-state index in [0.717, 1.165) is 35.6 Å². The molecule has 0 aliphatic rings. The fourth-order valence-electron chi connectivity index (χ4n) is 1.60. The molecule has 124 valence electrons. The number of nitrogens with two attached hydrogens (primary N) is 1. The second-order valence-electron chi connectivity index (χ2n) is 4.29. The van der Waals surface area contributed by atoms with Crippen LogP contribution in [0.3, 0.4) is 0 Å². The number of oxime groups is 1. The summed E-state index contributed by atoms with van der Waals surface area (Å²) in [7, 11) is 0. The first kappa shape index (κ1) is 17.2. The molecule has 0 aliphatic carbocycles. The molecule has 10 heteroatoms. The van der Waals surface area contributed by atoms with Crippen LogP contribution in [0.4, 0.5) is 13.8 Å². The van der Waals surface area contributed by atoms with Crippen molar-refractivity contribution in [3.63, 3.8) is 0 Å². The Balaban J connectivity index is 2.04. The highest BCUT2D eigenvalue weighted by Gasteiger charge is 2.13. The molecule has 0 spiro atoms. The Morgan fingerprint density at radius 2 is 2.04 bits per heavy atom. The van der Waals surface area contributed by atoms with Crippen molar-refractivity contribution in [1.82, 2.24) is 0 Å². The minimum atomic E-state index is -0.969. The van der Waals surface area contributed by atoms with E-state index in [4.69, 9.17) is 5.73 Å². The summed E-state index contributed by atoms with van der Waals surface area (Å²) in [5, 5.41) is 15.1. The first-order valence-corrected chi connectivity index (χ1v) is 7.16. The van der Waals surface area contributed by atoms with Crippen LogP contribution in [0.15, 0.2) is 40.9 Å². The number of benzene rings is 1. The van der Waals surface area contributed by atoms with E-state index in [1.807, 2.05) is 0 Å². The number of hydrogen-bond acceptors (Lipinski definition) is 6. The van der Waals surface area contributed by atoms with Crippen LogP contribution < -0.4 is 5.73 Å². The lowest BCUT2D eigenvalue weighted by Gasteiger charge is -2.02. The average Bonchev–Trinajstić information content (AvgIpc) is 3.00.